The van der Waals surface area contributed by atoms with Crippen LogP contribution in [0.3, 0.4) is 0 Å². The number of carbonyl (C=O) groups excluding carboxylic acids is 3. The summed E-state index contributed by atoms with van der Waals surface area (Å²) in [6.07, 6.45) is 3.22. The number of esters is 1. The Morgan fingerprint density at radius 1 is 0.930 bits per heavy atom. The van der Waals surface area contributed by atoms with E-state index in [1.165, 1.54) is 0 Å². The lowest BCUT2D eigenvalue weighted by atomic mass is 9.94. The van der Waals surface area contributed by atoms with Gasteiger partial charge in [0, 0.05) is 31.6 Å². The molecule has 2 amide bonds. The number of piperidine rings is 1. The number of likely N-dealkylation sites (tertiary alicyclic amines) is 1. The van der Waals surface area contributed by atoms with Gasteiger partial charge in [0.15, 0.2) is 5.79 Å². The number of cyclic esters (lactones) is 1. The molecule has 3 aliphatic heterocycles. The van der Waals surface area contributed by atoms with Crippen molar-refractivity contribution in [3.63, 3.8) is 0 Å². The Morgan fingerprint density at radius 3 is 2.12 bits per heavy atom. The summed E-state index contributed by atoms with van der Waals surface area (Å²) in [5, 5.41) is 11.0. The first-order chi connectivity index (χ1) is 26.1. The molecular formula is C44H72N2O10Si. The molecule has 0 spiro atoms. The van der Waals surface area contributed by atoms with E-state index in [0.717, 1.165) is 0 Å². The normalized spacial score (nSPS) is 26.0. The number of carbonyl (C=O) groups is 3. The number of aliphatic hydroxyl groups is 1. The molecule has 3 aliphatic rings. The molecule has 2 fully saturated rings. The fraction of sp³-hybridized carbons (Fsp3) is 0.750. The topological polar surface area (TPSA) is 133 Å². The number of amides is 2. The highest BCUT2D eigenvalue weighted by molar-refractivity contribution is 6.74. The van der Waals surface area contributed by atoms with Crippen molar-refractivity contribution in [2.24, 2.45) is 11.8 Å². The molecule has 0 bridgehead atoms. The third-order valence-electron chi connectivity index (χ3n) is 11.3. The molecule has 322 valence electrons. The molecule has 0 unspecified atom stereocenters. The van der Waals surface area contributed by atoms with E-state index in [1.54, 1.807) is 21.9 Å². The number of anilines is 1. The van der Waals surface area contributed by atoms with Crippen molar-refractivity contribution in [3.8, 4) is 5.75 Å². The molecular weight excluding hydrogens is 745 g/mol. The summed E-state index contributed by atoms with van der Waals surface area (Å²) in [6, 6.07) is 3.71. The van der Waals surface area contributed by atoms with Crippen LogP contribution in [0.1, 0.15) is 132 Å². The van der Waals surface area contributed by atoms with E-state index in [2.05, 4.69) is 33.9 Å². The minimum absolute atomic E-state index is 0.0567. The maximum atomic E-state index is 14.5. The van der Waals surface area contributed by atoms with Crippen molar-refractivity contribution in [2.45, 2.75) is 182 Å². The Bertz CT molecular complexity index is 1610. The first-order valence-corrected chi connectivity index (χ1v) is 23.7. The van der Waals surface area contributed by atoms with Crippen LogP contribution in [-0.2, 0) is 30.1 Å². The van der Waals surface area contributed by atoms with Gasteiger partial charge in [0.25, 0.3) is 8.32 Å². The summed E-state index contributed by atoms with van der Waals surface area (Å²) < 4.78 is 37.4. The fourth-order valence-corrected chi connectivity index (χ4v) is 8.01. The number of hydrogen-bond donors (Lipinski definition) is 1. The van der Waals surface area contributed by atoms with Gasteiger partial charge in [-0.05, 0) is 130 Å². The molecule has 13 heteroatoms. The molecule has 2 saturated heterocycles. The minimum atomic E-state index is -2.56. The molecule has 5 atom stereocenters. The molecule has 57 heavy (non-hydrogen) atoms. The Morgan fingerprint density at radius 2 is 1.54 bits per heavy atom. The van der Waals surface area contributed by atoms with E-state index >= 15 is 0 Å². The number of ether oxygens (including phenoxy) is 5. The van der Waals surface area contributed by atoms with Gasteiger partial charge in [-0.2, -0.15) is 0 Å². The van der Waals surface area contributed by atoms with Crippen LogP contribution >= 0.6 is 0 Å². The third kappa shape index (κ3) is 12.7. The van der Waals surface area contributed by atoms with Gasteiger partial charge in [0.1, 0.15) is 40.8 Å². The summed E-state index contributed by atoms with van der Waals surface area (Å²) >= 11 is 0. The predicted molar refractivity (Wildman–Crippen MR) is 224 cm³/mol. The quantitative estimate of drug-likeness (QED) is 0.133. The van der Waals surface area contributed by atoms with Crippen LogP contribution in [-0.4, -0.2) is 97.5 Å². The highest BCUT2D eigenvalue weighted by atomic mass is 28.4. The van der Waals surface area contributed by atoms with Crippen molar-refractivity contribution < 1.29 is 47.6 Å². The second-order valence-corrected chi connectivity index (χ2v) is 24.9. The zero-order chi connectivity index (χ0) is 42.9. The summed E-state index contributed by atoms with van der Waals surface area (Å²) in [5.74, 6) is -1.17. The zero-order valence-electron chi connectivity index (χ0n) is 37.4. The van der Waals surface area contributed by atoms with Gasteiger partial charge in [0.05, 0.1) is 11.8 Å². The largest absolute Gasteiger partial charge is 0.543 e. The maximum absolute atomic E-state index is 14.5. The number of aryl methyl sites for hydroxylation is 1. The highest BCUT2D eigenvalue weighted by Crippen LogP contribution is 2.42. The number of benzene rings is 1. The standard InChI is InChI=1S/C44H72N2O10Si/c1-28-19-20-33(47)37-34(52-44(12,13)53-37)18-16-17-31-25-32(26-35(36(31)38(48)51-29(28)2)56-57(14,15)43(9,10)11)46(40(50)55-42(6,7)8)27-30-21-23-45(24-22-30)39(49)54-41(3,4)5/h19-20,25-26,28-30,33-34,37,47H,16-18,21-24,27H2,1-15H3/b20-19-/t28-,29+,33-,34+,37-/m1/s1. The van der Waals surface area contributed by atoms with E-state index in [-0.39, 0.29) is 29.1 Å². The minimum Gasteiger partial charge on any atom is -0.543 e. The second kappa shape index (κ2) is 17.6. The van der Waals surface area contributed by atoms with Crippen LogP contribution in [0.4, 0.5) is 15.3 Å². The summed E-state index contributed by atoms with van der Waals surface area (Å²) in [5.41, 5.74) is 0.218. The SMILES string of the molecule is C[C@@H]1/C=C\[C@@H](O)[C@H]2OC(C)(C)O[C@H]2CCCc2cc(N(CC3CCN(C(=O)OC(C)(C)C)CC3)C(=O)OC(C)(C)C)cc(O[Si](C)(C)C(C)(C)C)c2C(=O)O[C@H]1C. The van der Waals surface area contributed by atoms with Gasteiger partial charge in [-0.3, -0.25) is 4.90 Å². The van der Waals surface area contributed by atoms with Gasteiger partial charge < -0.3 is 38.1 Å². The van der Waals surface area contributed by atoms with Crippen molar-refractivity contribution in [1.82, 2.24) is 4.90 Å². The molecule has 0 aromatic heterocycles. The molecule has 12 nitrogen and oxygen atoms in total. The van der Waals surface area contributed by atoms with Crippen LogP contribution in [0, 0.1) is 11.8 Å². The molecule has 3 heterocycles. The van der Waals surface area contributed by atoms with E-state index < -0.39 is 55.7 Å². The zero-order valence-corrected chi connectivity index (χ0v) is 38.4. The average Bonchev–Trinajstić information content (AvgIpc) is 3.37. The Kier molecular flexibility index (Phi) is 14.4. The summed E-state index contributed by atoms with van der Waals surface area (Å²) in [4.78, 5) is 45.0. The summed E-state index contributed by atoms with van der Waals surface area (Å²) in [7, 11) is -2.56. The van der Waals surface area contributed by atoms with Gasteiger partial charge in [0.2, 0.25) is 0 Å². The number of rotatable bonds is 5. The van der Waals surface area contributed by atoms with Gasteiger partial charge >= 0.3 is 18.2 Å². The van der Waals surface area contributed by atoms with E-state index in [9.17, 15) is 19.5 Å². The number of nitrogens with zero attached hydrogens (tertiary/aromatic N) is 2. The monoisotopic (exact) mass is 816 g/mol. The number of hydrogen-bond acceptors (Lipinski definition) is 10. The van der Waals surface area contributed by atoms with E-state index in [1.807, 2.05) is 81.4 Å². The Hall–Kier alpha value is -3.13. The molecule has 1 aromatic rings. The van der Waals surface area contributed by atoms with Crippen LogP contribution in [0.25, 0.3) is 0 Å². The van der Waals surface area contributed by atoms with Crippen LogP contribution < -0.4 is 9.33 Å². The Labute approximate surface area is 343 Å². The van der Waals surface area contributed by atoms with Crippen molar-refractivity contribution in [1.29, 1.82) is 0 Å². The smallest absolute Gasteiger partial charge is 0.414 e. The molecule has 4 rings (SSSR count). The molecule has 0 radical (unpaired) electrons. The molecule has 1 N–H and O–H groups in total. The van der Waals surface area contributed by atoms with Gasteiger partial charge in [-0.1, -0.05) is 39.8 Å². The number of aliphatic hydroxyl groups excluding tert-OH is 1. The first-order valence-electron chi connectivity index (χ1n) is 20.8. The van der Waals surface area contributed by atoms with Crippen LogP contribution in [0.5, 0.6) is 5.75 Å². The predicted octanol–water partition coefficient (Wildman–Crippen LogP) is 9.41. The van der Waals surface area contributed by atoms with Crippen LogP contribution in [0.2, 0.25) is 18.1 Å². The maximum Gasteiger partial charge on any atom is 0.414 e. The fourth-order valence-electron chi connectivity index (χ4n) is 7.00. The van der Waals surface area contributed by atoms with Gasteiger partial charge in [-0.25, -0.2) is 14.4 Å². The second-order valence-electron chi connectivity index (χ2n) is 20.2. The lowest BCUT2D eigenvalue weighted by molar-refractivity contribution is -0.153. The van der Waals surface area contributed by atoms with Crippen molar-refractivity contribution in [2.75, 3.05) is 24.5 Å². The van der Waals surface area contributed by atoms with Crippen molar-refractivity contribution in [3.05, 3.63) is 35.4 Å². The molecule has 0 aliphatic carbocycles. The van der Waals surface area contributed by atoms with E-state index in [0.29, 0.717) is 74.3 Å². The third-order valence-corrected chi connectivity index (χ3v) is 15.7. The summed E-state index contributed by atoms with van der Waals surface area (Å²) in [6.45, 7) is 30.6. The number of fused-ring (bicyclic) bond motifs is 2. The highest BCUT2D eigenvalue weighted by Gasteiger charge is 2.45. The van der Waals surface area contributed by atoms with Crippen molar-refractivity contribution >= 4 is 32.2 Å². The molecule has 0 saturated carbocycles. The van der Waals surface area contributed by atoms with Crippen LogP contribution in [0.15, 0.2) is 24.3 Å². The molecule has 1 aromatic carbocycles. The average molecular weight is 817 g/mol. The lowest BCUT2D eigenvalue weighted by Crippen LogP contribution is -2.46. The Balaban J connectivity index is 1.82. The lowest BCUT2D eigenvalue weighted by Gasteiger charge is -2.38. The van der Waals surface area contributed by atoms with Gasteiger partial charge in [-0.15, -0.1) is 0 Å². The van der Waals surface area contributed by atoms with E-state index in [4.69, 9.17) is 28.1 Å². The first kappa shape index (κ1) is 46.6.